The standard InChI is InChI=1S/C15H19FN2O3/c1-3-18(10-14(19)17-2)9-11-4-6-13(16)12(8-11)5-7-15(20)21/h4-8H,3,9-10H2,1-2H3,(H,17,19)(H,20,21). The highest BCUT2D eigenvalue weighted by Crippen LogP contribution is 2.14. The Morgan fingerprint density at radius 2 is 2.14 bits per heavy atom. The highest BCUT2D eigenvalue weighted by Gasteiger charge is 2.09. The molecule has 0 aromatic heterocycles. The predicted molar refractivity (Wildman–Crippen MR) is 78.1 cm³/mol. The fourth-order valence-electron chi connectivity index (χ4n) is 1.80. The summed E-state index contributed by atoms with van der Waals surface area (Å²) in [6, 6.07) is 4.51. The van der Waals surface area contributed by atoms with Gasteiger partial charge >= 0.3 is 5.97 Å². The van der Waals surface area contributed by atoms with Gasteiger partial charge in [0.1, 0.15) is 5.82 Å². The molecule has 1 rings (SSSR count). The number of carbonyl (C=O) groups excluding carboxylic acids is 1. The zero-order valence-electron chi connectivity index (χ0n) is 12.1. The van der Waals surface area contributed by atoms with Crippen molar-refractivity contribution in [2.24, 2.45) is 0 Å². The van der Waals surface area contributed by atoms with Crippen LogP contribution in [0.5, 0.6) is 0 Å². The number of likely N-dealkylation sites (N-methyl/N-ethyl adjacent to an activating group) is 2. The molecule has 21 heavy (non-hydrogen) atoms. The van der Waals surface area contributed by atoms with Crippen LogP contribution in [-0.4, -0.2) is 42.0 Å². The summed E-state index contributed by atoms with van der Waals surface area (Å²) in [7, 11) is 1.57. The van der Waals surface area contributed by atoms with Crippen LogP contribution in [0, 0.1) is 5.82 Å². The number of nitrogens with one attached hydrogen (secondary N) is 1. The van der Waals surface area contributed by atoms with Gasteiger partial charge < -0.3 is 10.4 Å². The molecule has 2 N–H and O–H groups in total. The lowest BCUT2D eigenvalue weighted by Gasteiger charge is -2.19. The van der Waals surface area contributed by atoms with Gasteiger partial charge in [-0.25, -0.2) is 9.18 Å². The molecule has 6 heteroatoms. The molecule has 5 nitrogen and oxygen atoms in total. The van der Waals surface area contributed by atoms with Crippen molar-refractivity contribution in [2.75, 3.05) is 20.1 Å². The molecular weight excluding hydrogens is 275 g/mol. The molecule has 0 aliphatic carbocycles. The van der Waals surface area contributed by atoms with Crippen molar-refractivity contribution in [1.82, 2.24) is 10.2 Å². The monoisotopic (exact) mass is 294 g/mol. The van der Waals surface area contributed by atoms with Crippen molar-refractivity contribution in [2.45, 2.75) is 13.5 Å². The molecule has 0 aliphatic heterocycles. The highest BCUT2D eigenvalue weighted by molar-refractivity contribution is 5.85. The molecule has 0 saturated carbocycles. The largest absolute Gasteiger partial charge is 0.478 e. The molecular formula is C15H19FN2O3. The van der Waals surface area contributed by atoms with Crippen LogP contribution in [0.25, 0.3) is 6.08 Å². The Morgan fingerprint density at radius 3 is 2.71 bits per heavy atom. The van der Waals surface area contributed by atoms with Crippen molar-refractivity contribution in [3.8, 4) is 0 Å². The lowest BCUT2D eigenvalue weighted by molar-refractivity contribution is -0.131. The molecule has 114 valence electrons. The minimum absolute atomic E-state index is 0.0926. The van der Waals surface area contributed by atoms with Crippen LogP contribution >= 0.6 is 0 Å². The third kappa shape index (κ3) is 5.74. The lowest BCUT2D eigenvalue weighted by Crippen LogP contribution is -2.35. The van der Waals surface area contributed by atoms with E-state index in [1.54, 1.807) is 19.2 Å². The Bertz CT molecular complexity index is 544. The lowest BCUT2D eigenvalue weighted by atomic mass is 10.1. The molecule has 1 aromatic rings. The van der Waals surface area contributed by atoms with Crippen LogP contribution in [0.4, 0.5) is 4.39 Å². The maximum Gasteiger partial charge on any atom is 0.328 e. The van der Waals surface area contributed by atoms with E-state index in [0.29, 0.717) is 13.1 Å². The average Bonchev–Trinajstić information content (AvgIpc) is 2.46. The number of benzene rings is 1. The Morgan fingerprint density at radius 1 is 1.43 bits per heavy atom. The number of carboxylic acids is 1. The van der Waals surface area contributed by atoms with Gasteiger partial charge in [-0.05, 0) is 30.3 Å². The number of hydrogen-bond donors (Lipinski definition) is 2. The molecule has 0 atom stereocenters. The number of amides is 1. The van der Waals surface area contributed by atoms with Crippen LogP contribution in [0.1, 0.15) is 18.1 Å². The van der Waals surface area contributed by atoms with Gasteiger partial charge in [-0.3, -0.25) is 9.69 Å². The predicted octanol–water partition coefficient (Wildman–Crippen LogP) is 1.49. The third-order valence-electron chi connectivity index (χ3n) is 2.97. The zero-order chi connectivity index (χ0) is 15.8. The molecule has 1 amide bonds. The molecule has 1 aromatic carbocycles. The van der Waals surface area contributed by atoms with Gasteiger partial charge in [0.15, 0.2) is 0 Å². The average molecular weight is 294 g/mol. The number of aliphatic carboxylic acids is 1. The quantitative estimate of drug-likeness (QED) is 0.748. The van der Waals surface area contributed by atoms with Crippen molar-refractivity contribution >= 4 is 18.0 Å². The second-order valence-corrected chi connectivity index (χ2v) is 4.50. The maximum atomic E-state index is 13.6. The molecule has 0 saturated heterocycles. The zero-order valence-corrected chi connectivity index (χ0v) is 12.1. The van der Waals surface area contributed by atoms with Gasteiger partial charge in [0, 0.05) is 25.2 Å². The summed E-state index contributed by atoms with van der Waals surface area (Å²) in [6.45, 7) is 3.34. The summed E-state index contributed by atoms with van der Waals surface area (Å²) in [5.41, 5.74) is 1.03. The number of carbonyl (C=O) groups is 2. The van der Waals surface area contributed by atoms with E-state index in [2.05, 4.69) is 5.32 Å². The van der Waals surface area contributed by atoms with E-state index in [-0.39, 0.29) is 18.0 Å². The van der Waals surface area contributed by atoms with Crippen LogP contribution in [0.15, 0.2) is 24.3 Å². The summed E-state index contributed by atoms with van der Waals surface area (Å²) < 4.78 is 13.6. The molecule has 0 bridgehead atoms. The number of nitrogens with zero attached hydrogens (tertiary/aromatic N) is 1. The van der Waals surface area contributed by atoms with E-state index in [4.69, 9.17) is 5.11 Å². The first-order chi connectivity index (χ1) is 9.96. The second kappa shape index (κ2) is 8.16. The minimum Gasteiger partial charge on any atom is -0.478 e. The maximum absolute atomic E-state index is 13.6. The van der Waals surface area contributed by atoms with Crippen molar-refractivity contribution in [3.63, 3.8) is 0 Å². The molecule has 0 aliphatic rings. The third-order valence-corrected chi connectivity index (χ3v) is 2.97. The van der Waals surface area contributed by atoms with E-state index in [1.165, 1.54) is 12.1 Å². The molecule has 0 spiro atoms. The van der Waals surface area contributed by atoms with Crippen LogP contribution in [-0.2, 0) is 16.1 Å². The van der Waals surface area contributed by atoms with Crippen LogP contribution < -0.4 is 5.32 Å². The normalized spacial score (nSPS) is 11.0. The van der Waals surface area contributed by atoms with Gasteiger partial charge in [0.2, 0.25) is 5.91 Å². The summed E-state index contributed by atoms with van der Waals surface area (Å²) in [5, 5.41) is 11.1. The Labute approximate surface area is 123 Å². The SMILES string of the molecule is CCN(CC(=O)NC)Cc1ccc(F)c(C=CC(=O)O)c1. The fourth-order valence-corrected chi connectivity index (χ4v) is 1.80. The second-order valence-electron chi connectivity index (χ2n) is 4.50. The molecule has 0 radical (unpaired) electrons. The minimum atomic E-state index is -1.13. The van der Waals surface area contributed by atoms with E-state index < -0.39 is 11.8 Å². The first-order valence-electron chi connectivity index (χ1n) is 6.58. The van der Waals surface area contributed by atoms with E-state index in [0.717, 1.165) is 11.6 Å². The summed E-state index contributed by atoms with van der Waals surface area (Å²) in [6.07, 6.45) is 2.11. The topological polar surface area (TPSA) is 69.6 Å². The van der Waals surface area contributed by atoms with E-state index >= 15 is 0 Å². The molecule has 0 fully saturated rings. The Kier molecular flexibility index (Phi) is 6.55. The summed E-state index contributed by atoms with van der Waals surface area (Å²) >= 11 is 0. The van der Waals surface area contributed by atoms with Gasteiger partial charge in [0.05, 0.1) is 6.54 Å². The van der Waals surface area contributed by atoms with E-state index in [9.17, 15) is 14.0 Å². The number of rotatable bonds is 7. The summed E-state index contributed by atoms with van der Waals surface area (Å²) in [4.78, 5) is 23.8. The van der Waals surface area contributed by atoms with Crippen molar-refractivity contribution < 1.29 is 19.1 Å². The van der Waals surface area contributed by atoms with E-state index in [1.807, 2.05) is 11.8 Å². The van der Waals surface area contributed by atoms with Gasteiger partial charge in [-0.15, -0.1) is 0 Å². The van der Waals surface area contributed by atoms with Crippen LogP contribution in [0.2, 0.25) is 0 Å². The first kappa shape index (κ1) is 16.8. The number of hydrogen-bond acceptors (Lipinski definition) is 3. The summed E-state index contributed by atoms with van der Waals surface area (Å²) in [5.74, 6) is -1.70. The smallest absolute Gasteiger partial charge is 0.328 e. The van der Waals surface area contributed by atoms with Crippen molar-refractivity contribution in [3.05, 3.63) is 41.2 Å². The van der Waals surface area contributed by atoms with Crippen molar-refractivity contribution in [1.29, 1.82) is 0 Å². The first-order valence-corrected chi connectivity index (χ1v) is 6.58. The molecule has 0 heterocycles. The number of carboxylic acid groups (broad SMARTS) is 1. The highest BCUT2D eigenvalue weighted by atomic mass is 19.1. The molecule has 0 unspecified atom stereocenters. The Hall–Kier alpha value is -2.21. The Balaban J connectivity index is 2.85. The van der Waals surface area contributed by atoms with Gasteiger partial charge in [-0.2, -0.15) is 0 Å². The van der Waals surface area contributed by atoms with Crippen LogP contribution in [0.3, 0.4) is 0 Å². The van der Waals surface area contributed by atoms with Gasteiger partial charge in [0.25, 0.3) is 0 Å². The fraction of sp³-hybridized carbons (Fsp3) is 0.333. The number of halogens is 1. The van der Waals surface area contributed by atoms with Gasteiger partial charge in [-0.1, -0.05) is 13.0 Å².